The van der Waals surface area contributed by atoms with Crippen LogP contribution in [-0.4, -0.2) is 0 Å². The van der Waals surface area contributed by atoms with Crippen LogP contribution in [0.3, 0.4) is 0 Å². The van der Waals surface area contributed by atoms with Crippen molar-refractivity contribution in [3.63, 3.8) is 0 Å². The fourth-order valence-corrected chi connectivity index (χ4v) is 1.06. The first-order valence-electron chi connectivity index (χ1n) is 3.45. The van der Waals surface area contributed by atoms with Gasteiger partial charge in [0, 0.05) is 5.16 Å². The fourth-order valence-electron chi connectivity index (χ4n) is 0.868. The van der Waals surface area contributed by atoms with Crippen molar-refractivity contribution >= 4 is 26.2 Å². The monoisotopic (exact) mass is 232 g/mol. The van der Waals surface area contributed by atoms with Crippen molar-refractivity contribution in [2.45, 2.75) is 19.0 Å². The van der Waals surface area contributed by atoms with Gasteiger partial charge in [-0.15, -0.1) is 26.2 Å². The Bertz CT molecular complexity index is 201. The van der Waals surface area contributed by atoms with Gasteiger partial charge in [0.15, 0.2) is 0 Å². The molecule has 0 N–H and O–H groups in total. The number of halogens is 1. The predicted molar refractivity (Wildman–Crippen MR) is 59.5 cm³/mol. The Kier molecular flexibility index (Phi) is 4.28. The van der Waals surface area contributed by atoms with E-state index in [0.29, 0.717) is 0 Å². The van der Waals surface area contributed by atoms with Crippen LogP contribution in [0.2, 0.25) is 0 Å². The molecule has 0 heterocycles. The van der Waals surface area contributed by atoms with Gasteiger partial charge in [-0.2, -0.15) is 0 Å². The first-order chi connectivity index (χ1) is 4.61. The molecule has 0 aliphatic heterocycles. The zero-order chi connectivity index (χ0) is 7.61. The molecule has 11 heavy (non-hydrogen) atoms. The number of hydrogen-bond acceptors (Lipinski definition) is 0. The van der Waals surface area contributed by atoms with Crippen molar-refractivity contribution < 1.29 is 0 Å². The van der Waals surface area contributed by atoms with Crippen molar-refractivity contribution in [2.24, 2.45) is 0 Å². The van der Waals surface area contributed by atoms with Crippen LogP contribution in [0.25, 0.3) is 0 Å². The SMILES string of the molecule is Br.CC(C)(P)c1ccccc1. The predicted octanol–water partition coefficient (Wildman–Crippen LogP) is 3.37. The molecule has 0 saturated carbocycles. The molecule has 1 unspecified atom stereocenters. The van der Waals surface area contributed by atoms with E-state index in [1.807, 2.05) is 6.07 Å². The van der Waals surface area contributed by atoms with E-state index in [4.69, 9.17) is 0 Å². The summed E-state index contributed by atoms with van der Waals surface area (Å²) in [4.78, 5) is 0. The lowest BCUT2D eigenvalue weighted by molar-refractivity contribution is 0.783. The zero-order valence-corrected chi connectivity index (χ0v) is 9.74. The Balaban J connectivity index is 0.000001000. The molecule has 0 aromatic heterocycles. The molecular weight excluding hydrogens is 219 g/mol. The van der Waals surface area contributed by atoms with E-state index in [-0.39, 0.29) is 22.1 Å². The highest BCUT2D eigenvalue weighted by atomic mass is 79.9. The normalized spacial score (nSPS) is 10.5. The summed E-state index contributed by atoms with van der Waals surface area (Å²) in [7, 11) is 2.83. The van der Waals surface area contributed by atoms with Crippen LogP contribution in [0, 0.1) is 0 Å². The topological polar surface area (TPSA) is 0 Å². The lowest BCUT2D eigenvalue weighted by Gasteiger charge is -2.17. The maximum atomic E-state index is 2.83. The van der Waals surface area contributed by atoms with Gasteiger partial charge in [0.25, 0.3) is 0 Å². The molecule has 0 aliphatic rings. The van der Waals surface area contributed by atoms with Crippen LogP contribution in [0.1, 0.15) is 19.4 Å². The molecule has 1 rings (SSSR count). The molecule has 62 valence electrons. The van der Waals surface area contributed by atoms with E-state index < -0.39 is 0 Å². The Morgan fingerprint density at radius 2 is 1.55 bits per heavy atom. The maximum Gasteiger partial charge on any atom is 0.00413 e. The summed E-state index contributed by atoms with van der Waals surface area (Å²) in [6.45, 7) is 4.38. The molecule has 0 radical (unpaired) electrons. The minimum atomic E-state index is 0. The van der Waals surface area contributed by atoms with Crippen LogP contribution < -0.4 is 0 Å². The highest BCUT2D eigenvalue weighted by molar-refractivity contribution is 8.93. The largest absolute Gasteiger partial charge is 0.127 e. The summed E-state index contributed by atoms with van der Waals surface area (Å²) in [5.74, 6) is 0. The Labute approximate surface area is 81.4 Å². The molecule has 1 aromatic carbocycles. The molecule has 0 nitrogen and oxygen atoms in total. The number of hydrogen-bond donors (Lipinski definition) is 0. The Hall–Kier alpha value is 0.130. The van der Waals surface area contributed by atoms with Gasteiger partial charge in [-0.25, -0.2) is 0 Å². The van der Waals surface area contributed by atoms with Crippen LogP contribution >= 0.6 is 26.2 Å². The maximum absolute atomic E-state index is 2.83. The second-order valence-corrected chi connectivity index (χ2v) is 4.53. The molecule has 0 spiro atoms. The lowest BCUT2D eigenvalue weighted by atomic mass is 10.0. The van der Waals surface area contributed by atoms with Gasteiger partial charge in [-0.1, -0.05) is 44.2 Å². The van der Waals surface area contributed by atoms with Crippen molar-refractivity contribution in [3.05, 3.63) is 35.9 Å². The minimum Gasteiger partial charge on any atom is -0.127 e. The van der Waals surface area contributed by atoms with Crippen molar-refractivity contribution in [1.29, 1.82) is 0 Å². The minimum absolute atomic E-state index is 0. The van der Waals surface area contributed by atoms with Crippen molar-refractivity contribution in [2.75, 3.05) is 0 Å². The summed E-state index contributed by atoms with van der Waals surface area (Å²) < 4.78 is 0. The van der Waals surface area contributed by atoms with Crippen LogP contribution in [0.4, 0.5) is 0 Å². The lowest BCUT2D eigenvalue weighted by Crippen LogP contribution is -2.05. The summed E-state index contributed by atoms with van der Waals surface area (Å²) in [5.41, 5.74) is 1.36. The van der Waals surface area contributed by atoms with E-state index in [1.165, 1.54) is 5.56 Å². The first kappa shape index (κ1) is 11.1. The van der Waals surface area contributed by atoms with Crippen molar-refractivity contribution in [1.82, 2.24) is 0 Å². The van der Waals surface area contributed by atoms with Crippen LogP contribution in [-0.2, 0) is 5.16 Å². The third kappa shape index (κ3) is 3.35. The van der Waals surface area contributed by atoms with E-state index in [2.05, 4.69) is 47.4 Å². The van der Waals surface area contributed by atoms with Gasteiger partial charge in [0.2, 0.25) is 0 Å². The Morgan fingerprint density at radius 1 is 1.09 bits per heavy atom. The van der Waals surface area contributed by atoms with E-state index in [0.717, 1.165) is 0 Å². The quantitative estimate of drug-likeness (QED) is 0.652. The third-order valence-electron chi connectivity index (χ3n) is 1.52. The van der Waals surface area contributed by atoms with E-state index in [9.17, 15) is 0 Å². The van der Waals surface area contributed by atoms with Gasteiger partial charge in [0.05, 0.1) is 0 Å². The summed E-state index contributed by atoms with van der Waals surface area (Å²) in [6, 6.07) is 10.5. The van der Waals surface area contributed by atoms with Gasteiger partial charge in [0.1, 0.15) is 0 Å². The summed E-state index contributed by atoms with van der Waals surface area (Å²) in [6.07, 6.45) is 0. The molecule has 1 atom stereocenters. The second-order valence-electron chi connectivity index (χ2n) is 3.09. The van der Waals surface area contributed by atoms with Gasteiger partial charge in [-0.05, 0) is 5.56 Å². The molecule has 0 amide bonds. The molecule has 0 saturated heterocycles. The molecule has 0 bridgehead atoms. The number of benzene rings is 1. The molecule has 0 aliphatic carbocycles. The van der Waals surface area contributed by atoms with E-state index >= 15 is 0 Å². The standard InChI is InChI=1S/C9H13P.BrH/c1-9(2,10)8-6-4-3-5-7-8;/h3-7H,10H2,1-2H3;1H. The number of rotatable bonds is 1. The van der Waals surface area contributed by atoms with Gasteiger partial charge >= 0.3 is 0 Å². The molecule has 0 fully saturated rings. The molecule has 2 heteroatoms. The smallest absolute Gasteiger partial charge is 0.00413 e. The van der Waals surface area contributed by atoms with Crippen LogP contribution in [0.15, 0.2) is 30.3 Å². The van der Waals surface area contributed by atoms with E-state index in [1.54, 1.807) is 0 Å². The summed E-state index contributed by atoms with van der Waals surface area (Å²) in [5, 5.41) is 0.210. The first-order valence-corrected chi connectivity index (χ1v) is 4.03. The zero-order valence-electron chi connectivity index (χ0n) is 6.87. The second kappa shape index (κ2) is 4.23. The average Bonchev–Trinajstić information content (AvgIpc) is 1.88. The average molecular weight is 233 g/mol. The van der Waals surface area contributed by atoms with Crippen LogP contribution in [0.5, 0.6) is 0 Å². The third-order valence-corrected chi connectivity index (χ3v) is 1.85. The molecular formula is C9H14BrP. The van der Waals surface area contributed by atoms with Gasteiger partial charge < -0.3 is 0 Å². The Morgan fingerprint density at radius 3 is 1.82 bits per heavy atom. The highest BCUT2D eigenvalue weighted by Gasteiger charge is 2.11. The molecule has 1 aromatic rings. The van der Waals surface area contributed by atoms with Crippen molar-refractivity contribution in [3.8, 4) is 0 Å². The highest BCUT2D eigenvalue weighted by Crippen LogP contribution is 2.29. The fraction of sp³-hybridized carbons (Fsp3) is 0.333. The van der Waals surface area contributed by atoms with Gasteiger partial charge in [-0.3, -0.25) is 0 Å². The summed E-state index contributed by atoms with van der Waals surface area (Å²) >= 11 is 0.